The number of sulfonamides is 1. The maximum atomic E-state index is 12.4. The van der Waals surface area contributed by atoms with Crippen molar-refractivity contribution in [1.29, 1.82) is 0 Å². The van der Waals surface area contributed by atoms with Crippen molar-refractivity contribution >= 4 is 26.0 Å². The summed E-state index contributed by atoms with van der Waals surface area (Å²) in [4.78, 5) is 26.6. The molecule has 0 amide bonds. The zero-order valence-corrected chi connectivity index (χ0v) is 14.2. The van der Waals surface area contributed by atoms with E-state index in [9.17, 15) is 18.0 Å². The van der Waals surface area contributed by atoms with Crippen molar-refractivity contribution in [2.24, 2.45) is 0 Å². The molecule has 1 unspecified atom stereocenters. The van der Waals surface area contributed by atoms with E-state index in [-0.39, 0.29) is 5.69 Å². The fourth-order valence-corrected chi connectivity index (χ4v) is 3.76. The number of hydrogen-bond donors (Lipinski definition) is 3. The highest BCUT2D eigenvalue weighted by atomic mass is 79.9. The summed E-state index contributed by atoms with van der Waals surface area (Å²) < 4.78 is 28.0. The van der Waals surface area contributed by atoms with Crippen molar-refractivity contribution in [3.63, 3.8) is 0 Å². The van der Waals surface area contributed by atoms with Gasteiger partial charge in [0.05, 0.1) is 0 Å². The summed E-state index contributed by atoms with van der Waals surface area (Å²) in [6, 6.07) is 6.57. The summed E-state index contributed by atoms with van der Waals surface area (Å²) in [5.74, 6) is 0. The molecule has 22 heavy (non-hydrogen) atoms. The molecule has 3 N–H and O–H groups in total. The van der Waals surface area contributed by atoms with E-state index < -0.39 is 32.2 Å². The molecule has 2 rings (SSSR count). The summed E-state index contributed by atoms with van der Waals surface area (Å²) in [5, 5.41) is 0. The van der Waals surface area contributed by atoms with E-state index in [0.29, 0.717) is 0 Å². The number of H-pyrrole nitrogens is 2. The normalized spacial score (nSPS) is 13.0. The molecule has 0 radical (unpaired) electrons. The second-order valence-corrected chi connectivity index (χ2v) is 7.32. The monoisotopic (exact) mass is 387 g/mol. The van der Waals surface area contributed by atoms with E-state index in [1.54, 1.807) is 31.2 Å². The molecule has 0 spiro atoms. The SMILES string of the molecule is Cc1[nH]c(=O)[nH]c(=O)c1S(=O)(=O)NC(C)c1ccc(Br)cc1. The number of aryl methyl sites for hydroxylation is 1. The zero-order chi connectivity index (χ0) is 16.5. The van der Waals surface area contributed by atoms with Crippen LogP contribution in [0, 0.1) is 6.92 Å². The molecule has 0 bridgehead atoms. The predicted molar refractivity (Wildman–Crippen MR) is 85.3 cm³/mol. The Balaban J connectivity index is 2.38. The minimum absolute atomic E-state index is 0.00995. The average Bonchev–Trinajstić information content (AvgIpc) is 2.36. The van der Waals surface area contributed by atoms with E-state index in [1.165, 1.54) is 6.92 Å². The third-order valence-electron chi connectivity index (χ3n) is 3.05. The summed E-state index contributed by atoms with van der Waals surface area (Å²) in [6.07, 6.45) is 0. The van der Waals surface area contributed by atoms with Gasteiger partial charge in [0.1, 0.15) is 0 Å². The van der Waals surface area contributed by atoms with Crippen LogP contribution in [-0.2, 0) is 10.0 Å². The molecular weight excluding hydrogens is 374 g/mol. The van der Waals surface area contributed by atoms with Crippen LogP contribution in [0.3, 0.4) is 0 Å². The van der Waals surface area contributed by atoms with Crippen LogP contribution in [0.25, 0.3) is 0 Å². The molecular formula is C13H14BrN3O4S. The van der Waals surface area contributed by atoms with Crippen molar-refractivity contribution in [1.82, 2.24) is 14.7 Å². The number of halogens is 1. The molecule has 0 saturated heterocycles. The number of rotatable bonds is 4. The van der Waals surface area contributed by atoms with E-state index in [0.717, 1.165) is 10.0 Å². The van der Waals surface area contributed by atoms with E-state index in [1.807, 2.05) is 4.98 Å². The second-order valence-electron chi connectivity index (χ2n) is 4.76. The Bertz CT molecular complexity index is 900. The van der Waals surface area contributed by atoms with Crippen molar-refractivity contribution < 1.29 is 8.42 Å². The number of nitrogens with one attached hydrogen (secondary N) is 3. The van der Waals surface area contributed by atoms with Crippen LogP contribution in [0.4, 0.5) is 0 Å². The van der Waals surface area contributed by atoms with Gasteiger partial charge in [0.15, 0.2) is 4.90 Å². The van der Waals surface area contributed by atoms with Gasteiger partial charge in [-0.05, 0) is 31.5 Å². The lowest BCUT2D eigenvalue weighted by atomic mass is 10.1. The molecule has 0 aliphatic carbocycles. The lowest BCUT2D eigenvalue weighted by molar-refractivity contribution is 0.563. The largest absolute Gasteiger partial charge is 0.325 e. The minimum Gasteiger partial charge on any atom is -0.310 e. The first-order chi connectivity index (χ1) is 10.2. The molecule has 0 aliphatic rings. The third-order valence-corrected chi connectivity index (χ3v) is 5.27. The average molecular weight is 388 g/mol. The highest BCUT2D eigenvalue weighted by Crippen LogP contribution is 2.18. The Morgan fingerprint density at radius 1 is 1.14 bits per heavy atom. The first-order valence-corrected chi connectivity index (χ1v) is 8.59. The summed E-state index contributed by atoms with van der Waals surface area (Å²) in [6.45, 7) is 3.02. The minimum atomic E-state index is -4.07. The standard InChI is InChI=1S/C13H14BrN3O4S/c1-7(9-3-5-10(14)6-4-9)17-22(20,21)11-8(2)15-13(19)16-12(11)18/h3-7,17H,1-2H3,(H2,15,16,18,19). The maximum Gasteiger partial charge on any atom is 0.325 e. The van der Waals surface area contributed by atoms with Crippen molar-refractivity contribution in [2.45, 2.75) is 24.8 Å². The van der Waals surface area contributed by atoms with Gasteiger partial charge in [-0.1, -0.05) is 28.1 Å². The van der Waals surface area contributed by atoms with Gasteiger partial charge in [0.25, 0.3) is 5.56 Å². The first-order valence-electron chi connectivity index (χ1n) is 6.31. The topological polar surface area (TPSA) is 112 Å². The molecule has 1 aromatic heterocycles. The Morgan fingerprint density at radius 3 is 2.27 bits per heavy atom. The number of benzene rings is 1. The summed E-state index contributed by atoms with van der Waals surface area (Å²) in [7, 11) is -4.07. The molecule has 1 aromatic carbocycles. The van der Waals surface area contributed by atoms with Crippen LogP contribution in [0.1, 0.15) is 24.2 Å². The fraction of sp³-hybridized carbons (Fsp3) is 0.231. The predicted octanol–water partition coefficient (Wildman–Crippen LogP) is 1.17. The fourth-order valence-electron chi connectivity index (χ4n) is 2.02. The van der Waals surface area contributed by atoms with Crippen molar-refractivity contribution in [3.8, 4) is 0 Å². The number of aromatic nitrogens is 2. The molecule has 2 aromatic rings. The van der Waals surface area contributed by atoms with Crippen LogP contribution in [0.15, 0.2) is 43.2 Å². The van der Waals surface area contributed by atoms with Gasteiger partial charge in [0.2, 0.25) is 10.0 Å². The van der Waals surface area contributed by atoms with Crippen LogP contribution in [0.2, 0.25) is 0 Å². The molecule has 7 nitrogen and oxygen atoms in total. The highest BCUT2D eigenvalue weighted by molar-refractivity contribution is 9.10. The van der Waals surface area contributed by atoms with Crippen molar-refractivity contribution in [2.75, 3.05) is 0 Å². The zero-order valence-electron chi connectivity index (χ0n) is 11.8. The van der Waals surface area contributed by atoms with Gasteiger partial charge in [-0.3, -0.25) is 9.78 Å². The Morgan fingerprint density at radius 2 is 1.73 bits per heavy atom. The van der Waals surface area contributed by atoms with E-state index >= 15 is 0 Å². The van der Waals surface area contributed by atoms with Gasteiger partial charge in [0, 0.05) is 16.2 Å². The Labute approximate surface area is 135 Å². The molecule has 9 heteroatoms. The van der Waals surface area contributed by atoms with Crippen molar-refractivity contribution in [3.05, 3.63) is 60.8 Å². The van der Waals surface area contributed by atoms with Gasteiger partial charge < -0.3 is 4.98 Å². The van der Waals surface area contributed by atoms with Gasteiger partial charge in [-0.25, -0.2) is 17.9 Å². The van der Waals surface area contributed by atoms with Gasteiger partial charge in [-0.2, -0.15) is 0 Å². The van der Waals surface area contributed by atoms with E-state index in [4.69, 9.17) is 0 Å². The lowest BCUT2D eigenvalue weighted by Gasteiger charge is -2.15. The van der Waals surface area contributed by atoms with E-state index in [2.05, 4.69) is 25.6 Å². The van der Waals surface area contributed by atoms with Crippen LogP contribution in [0.5, 0.6) is 0 Å². The first kappa shape index (κ1) is 16.7. The number of aromatic amines is 2. The molecule has 1 atom stereocenters. The number of hydrogen-bond acceptors (Lipinski definition) is 4. The summed E-state index contributed by atoms with van der Waals surface area (Å²) >= 11 is 3.30. The van der Waals surface area contributed by atoms with Gasteiger partial charge in [-0.15, -0.1) is 0 Å². The van der Waals surface area contributed by atoms with Crippen LogP contribution < -0.4 is 16.0 Å². The van der Waals surface area contributed by atoms with Gasteiger partial charge >= 0.3 is 5.69 Å². The Kier molecular flexibility index (Phi) is 4.69. The van der Waals surface area contributed by atoms with Crippen LogP contribution in [-0.4, -0.2) is 18.4 Å². The maximum absolute atomic E-state index is 12.4. The Hall–Kier alpha value is -1.71. The summed E-state index contributed by atoms with van der Waals surface area (Å²) in [5.41, 5.74) is -0.964. The third kappa shape index (κ3) is 3.54. The molecule has 118 valence electrons. The highest BCUT2D eigenvalue weighted by Gasteiger charge is 2.24. The smallest absolute Gasteiger partial charge is 0.310 e. The lowest BCUT2D eigenvalue weighted by Crippen LogP contribution is -2.35. The second kappa shape index (κ2) is 6.19. The molecule has 1 heterocycles. The molecule has 0 saturated carbocycles. The molecule has 0 fully saturated rings. The quantitative estimate of drug-likeness (QED) is 0.730. The van der Waals surface area contributed by atoms with Crippen LogP contribution >= 0.6 is 15.9 Å². The molecule has 0 aliphatic heterocycles.